The number of anilines is 1. The number of benzene rings is 2. The van der Waals surface area contributed by atoms with Crippen LogP contribution >= 0.6 is 0 Å². The molecule has 0 bridgehead atoms. The second-order valence-electron chi connectivity index (χ2n) is 8.60. The largest absolute Gasteiger partial charge is 0.308 e. The van der Waals surface area contributed by atoms with E-state index in [-0.39, 0.29) is 29.4 Å². The van der Waals surface area contributed by atoms with Gasteiger partial charge in [-0.05, 0) is 56.9 Å². The molecule has 30 heavy (non-hydrogen) atoms. The third-order valence-electron chi connectivity index (χ3n) is 6.38. The van der Waals surface area contributed by atoms with E-state index >= 15 is 0 Å². The van der Waals surface area contributed by atoms with Gasteiger partial charge in [-0.3, -0.25) is 4.79 Å². The van der Waals surface area contributed by atoms with E-state index in [9.17, 15) is 13.2 Å². The van der Waals surface area contributed by atoms with Crippen LogP contribution in [-0.2, 0) is 21.2 Å². The van der Waals surface area contributed by atoms with Crippen LogP contribution in [0.1, 0.15) is 50.2 Å². The molecule has 5 nitrogen and oxygen atoms in total. The maximum Gasteiger partial charge on any atom is 0.243 e. The van der Waals surface area contributed by atoms with Crippen molar-refractivity contribution >= 4 is 21.6 Å². The van der Waals surface area contributed by atoms with Crippen molar-refractivity contribution in [1.29, 1.82) is 0 Å². The lowest BCUT2D eigenvalue weighted by atomic mass is 9.95. The van der Waals surface area contributed by atoms with Gasteiger partial charge in [0.25, 0.3) is 0 Å². The zero-order valence-electron chi connectivity index (χ0n) is 17.8. The molecule has 1 atom stereocenters. The summed E-state index contributed by atoms with van der Waals surface area (Å²) in [4.78, 5) is 15.5. The van der Waals surface area contributed by atoms with E-state index in [0.29, 0.717) is 0 Å². The Kier molecular flexibility index (Phi) is 5.98. The summed E-state index contributed by atoms with van der Waals surface area (Å²) in [6.07, 6.45) is 5.55. The van der Waals surface area contributed by atoms with E-state index in [2.05, 4.69) is 0 Å². The van der Waals surface area contributed by atoms with Gasteiger partial charge in [0, 0.05) is 17.8 Å². The van der Waals surface area contributed by atoms with Gasteiger partial charge < -0.3 is 4.90 Å². The van der Waals surface area contributed by atoms with Crippen molar-refractivity contribution in [1.82, 2.24) is 4.31 Å². The molecule has 1 fully saturated rings. The SMILES string of the molecule is Cc1ccc(S(=O)(=O)N(CC(=O)N2c3ccccc3C[C@H]2C)C2CCCCC2)cc1. The molecule has 0 spiro atoms. The van der Waals surface area contributed by atoms with Gasteiger partial charge in [0.15, 0.2) is 0 Å². The summed E-state index contributed by atoms with van der Waals surface area (Å²) in [5.74, 6) is -0.145. The number of sulfonamides is 1. The van der Waals surface area contributed by atoms with Gasteiger partial charge in [0.2, 0.25) is 15.9 Å². The second kappa shape index (κ2) is 8.52. The standard InChI is InChI=1S/C24H30N2O3S/c1-18-12-14-22(15-13-18)30(28,29)25(21-9-4-3-5-10-21)17-24(27)26-19(2)16-20-8-6-7-11-23(20)26/h6-8,11-15,19,21H,3-5,9-10,16-17H2,1-2H3/t19-/m1/s1. The summed E-state index contributed by atoms with van der Waals surface area (Å²) in [5.41, 5.74) is 3.06. The quantitative estimate of drug-likeness (QED) is 0.716. The number of hydrogen-bond acceptors (Lipinski definition) is 3. The third-order valence-corrected chi connectivity index (χ3v) is 8.29. The maximum absolute atomic E-state index is 13.6. The predicted octanol–water partition coefficient (Wildman–Crippen LogP) is 4.30. The van der Waals surface area contributed by atoms with E-state index < -0.39 is 10.0 Å². The number of hydrogen-bond donors (Lipinski definition) is 0. The average molecular weight is 427 g/mol. The number of carbonyl (C=O) groups is 1. The van der Waals surface area contributed by atoms with E-state index in [0.717, 1.165) is 55.3 Å². The molecule has 0 radical (unpaired) electrons. The van der Waals surface area contributed by atoms with Crippen LogP contribution in [0.4, 0.5) is 5.69 Å². The van der Waals surface area contributed by atoms with Gasteiger partial charge in [-0.25, -0.2) is 8.42 Å². The van der Waals surface area contributed by atoms with Crippen LogP contribution in [0.25, 0.3) is 0 Å². The molecule has 4 rings (SSSR count). The molecule has 6 heteroatoms. The first kappa shape index (κ1) is 21.1. The number of carbonyl (C=O) groups excluding carboxylic acids is 1. The summed E-state index contributed by atoms with van der Waals surface area (Å²) in [6.45, 7) is 3.85. The van der Waals surface area contributed by atoms with Crippen LogP contribution in [0.2, 0.25) is 0 Å². The highest BCUT2D eigenvalue weighted by atomic mass is 32.2. The lowest BCUT2D eigenvalue weighted by Crippen LogP contribution is -2.49. The van der Waals surface area contributed by atoms with Crippen molar-refractivity contribution in [3.8, 4) is 0 Å². The van der Waals surface area contributed by atoms with Gasteiger partial charge in [-0.15, -0.1) is 0 Å². The first-order valence-corrected chi connectivity index (χ1v) is 12.3. The van der Waals surface area contributed by atoms with Crippen molar-refractivity contribution < 1.29 is 13.2 Å². The molecule has 1 aliphatic heterocycles. The normalized spacial score (nSPS) is 19.8. The molecule has 2 aromatic rings. The van der Waals surface area contributed by atoms with Crippen molar-refractivity contribution in [2.24, 2.45) is 0 Å². The fraction of sp³-hybridized carbons (Fsp3) is 0.458. The number of nitrogens with zero attached hydrogens (tertiary/aromatic N) is 2. The number of fused-ring (bicyclic) bond motifs is 1. The minimum atomic E-state index is -3.75. The Labute approximate surface area is 179 Å². The van der Waals surface area contributed by atoms with E-state index in [1.165, 1.54) is 4.31 Å². The van der Waals surface area contributed by atoms with Gasteiger partial charge in [0.1, 0.15) is 0 Å². The second-order valence-corrected chi connectivity index (χ2v) is 10.5. The van der Waals surface area contributed by atoms with Gasteiger partial charge in [0.05, 0.1) is 11.4 Å². The average Bonchev–Trinajstić information content (AvgIpc) is 3.08. The van der Waals surface area contributed by atoms with Crippen molar-refractivity contribution in [2.45, 2.75) is 69.4 Å². The summed E-state index contributed by atoms with van der Waals surface area (Å²) < 4.78 is 28.6. The molecular formula is C24H30N2O3S. The maximum atomic E-state index is 13.6. The van der Waals surface area contributed by atoms with Crippen molar-refractivity contribution in [2.75, 3.05) is 11.4 Å². The number of rotatable bonds is 5. The highest BCUT2D eigenvalue weighted by Crippen LogP contribution is 2.33. The number of aryl methyl sites for hydroxylation is 1. The third kappa shape index (κ3) is 4.03. The number of amides is 1. The molecular weight excluding hydrogens is 396 g/mol. The number of para-hydroxylation sites is 1. The first-order chi connectivity index (χ1) is 14.4. The highest BCUT2D eigenvalue weighted by Gasteiger charge is 2.37. The van der Waals surface area contributed by atoms with Crippen LogP contribution in [0.5, 0.6) is 0 Å². The van der Waals surface area contributed by atoms with Gasteiger partial charge >= 0.3 is 0 Å². The molecule has 2 aliphatic rings. The summed E-state index contributed by atoms with van der Waals surface area (Å²) >= 11 is 0. The lowest BCUT2D eigenvalue weighted by Gasteiger charge is -2.34. The molecule has 0 saturated heterocycles. The fourth-order valence-electron chi connectivity index (χ4n) is 4.78. The van der Waals surface area contributed by atoms with Crippen LogP contribution in [0.15, 0.2) is 53.4 Å². The Morgan fingerprint density at radius 3 is 2.40 bits per heavy atom. The monoisotopic (exact) mass is 426 g/mol. The van der Waals surface area contributed by atoms with Crippen LogP contribution < -0.4 is 4.90 Å². The van der Waals surface area contributed by atoms with E-state index in [1.54, 1.807) is 17.0 Å². The fourth-order valence-corrected chi connectivity index (χ4v) is 6.41. The topological polar surface area (TPSA) is 57.7 Å². The molecule has 0 unspecified atom stereocenters. The zero-order chi connectivity index (χ0) is 21.3. The molecule has 1 amide bonds. The zero-order valence-corrected chi connectivity index (χ0v) is 18.6. The Bertz CT molecular complexity index is 1010. The smallest absolute Gasteiger partial charge is 0.243 e. The molecule has 1 saturated carbocycles. The Balaban J connectivity index is 1.65. The molecule has 2 aromatic carbocycles. The lowest BCUT2D eigenvalue weighted by molar-refractivity contribution is -0.119. The highest BCUT2D eigenvalue weighted by molar-refractivity contribution is 7.89. The van der Waals surface area contributed by atoms with E-state index in [4.69, 9.17) is 0 Å². The first-order valence-electron chi connectivity index (χ1n) is 10.9. The molecule has 160 valence electrons. The molecule has 1 heterocycles. The Hall–Kier alpha value is -2.18. The van der Waals surface area contributed by atoms with Crippen LogP contribution in [0, 0.1) is 6.92 Å². The molecule has 0 aromatic heterocycles. The molecule has 0 N–H and O–H groups in total. The minimum Gasteiger partial charge on any atom is -0.308 e. The predicted molar refractivity (Wildman–Crippen MR) is 119 cm³/mol. The van der Waals surface area contributed by atoms with E-state index in [1.807, 2.05) is 50.2 Å². The van der Waals surface area contributed by atoms with Crippen LogP contribution in [-0.4, -0.2) is 37.3 Å². The molecule has 1 aliphatic carbocycles. The Morgan fingerprint density at radius 1 is 1.03 bits per heavy atom. The summed E-state index contributed by atoms with van der Waals surface area (Å²) in [7, 11) is -3.75. The van der Waals surface area contributed by atoms with Gasteiger partial charge in [-0.2, -0.15) is 4.31 Å². The van der Waals surface area contributed by atoms with Crippen molar-refractivity contribution in [3.63, 3.8) is 0 Å². The minimum absolute atomic E-state index is 0.0326. The summed E-state index contributed by atoms with van der Waals surface area (Å²) in [6, 6.07) is 14.7. The van der Waals surface area contributed by atoms with Gasteiger partial charge in [-0.1, -0.05) is 55.2 Å². The van der Waals surface area contributed by atoms with Crippen LogP contribution in [0.3, 0.4) is 0 Å². The van der Waals surface area contributed by atoms with Crippen molar-refractivity contribution in [3.05, 3.63) is 59.7 Å². The summed E-state index contributed by atoms with van der Waals surface area (Å²) in [5, 5.41) is 0. The Morgan fingerprint density at radius 2 is 1.70 bits per heavy atom.